The van der Waals surface area contributed by atoms with Crippen LogP contribution in [0.15, 0.2) is 34.9 Å². The normalized spacial score (nSPS) is 12.8. The Morgan fingerprint density at radius 3 is 2.70 bits per heavy atom. The van der Waals surface area contributed by atoms with Crippen molar-refractivity contribution in [2.45, 2.75) is 0 Å². The smallest absolute Gasteiger partial charge is 0.299 e. The number of ether oxygens (including phenoxy) is 1. The fourth-order valence-electron chi connectivity index (χ4n) is 2.14. The number of tetrazole rings is 1. The van der Waals surface area contributed by atoms with Gasteiger partial charge in [-0.25, -0.2) is 0 Å². The van der Waals surface area contributed by atoms with E-state index in [1.165, 1.54) is 11.9 Å². The summed E-state index contributed by atoms with van der Waals surface area (Å²) in [4.78, 5) is 1.40. The highest BCUT2D eigenvalue weighted by molar-refractivity contribution is 9.10. The molecule has 0 radical (unpaired) electrons. The lowest BCUT2D eigenvalue weighted by Crippen LogP contribution is -2.34. The highest BCUT2D eigenvalue weighted by atomic mass is 79.9. The van der Waals surface area contributed by atoms with Crippen LogP contribution in [0.1, 0.15) is 0 Å². The van der Waals surface area contributed by atoms with Gasteiger partial charge in [0.15, 0.2) is 0 Å². The second-order valence-electron chi connectivity index (χ2n) is 4.21. The Balaban J connectivity index is 2.49. The van der Waals surface area contributed by atoms with Crippen LogP contribution < -0.4 is 15.1 Å². The van der Waals surface area contributed by atoms with Crippen molar-refractivity contribution >= 4 is 27.5 Å². The summed E-state index contributed by atoms with van der Waals surface area (Å²) >= 11 is 3.49. The minimum Gasteiger partial charge on any atom is -0.616 e. The molecule has 0 spiro atoms. The molecule has 0 aliphatic heterocycles. The Morgan fingerprint density at radius 1 is 1.35 bits per heavy atom. The summed E-state index contributed by atoms with van der Waals surface area (Å²) in [5.74, 6) is -0.437. The Morgan fingerprint density at radius 2 is 2.05 bits per heavy atom. The molecule has 0 saturated heterocycles. The predicted octanol–water partition coefficient (Wildman–Crippen LogP) is -0.225. The summed E-state index contributed by atoms with van der Waals surface area (Å²) in [5.41, 5.74) is 2.09. The fraction of sp³-hybridized carbons (Fsp3) is 0.154. The van der Waals surface area contributed by atoms with Crippen molar-refractivity contribution in [2.24, 2.45) is 7.05 Å². The molecule has 0 fully saturated rings. The van der Waals surface area contributed by atoms with Crippen molar-refractivity contribution in [2.75, 3.05) is 7.11 Å². The Kier molecular flexibility index (Phi) is 3.06. The van der Waals surface area contributed by atoms with E-state index in [1.54, 1.807) is 11.6 Å². The van der Waals surface area contributed by atoms with Crippen molar-refractivity contribution in [1.29, 1.82) is 0 Å². The number of nitrogens with zero attached hydrogens (tertiary/aromatic N) is 4. The lowest BCUT2D eigenvalue weighted by atomic mass is 10.1. The second-order valence-corrected chi connectivity index (χ2v) is 4.96. The van der Waals surface area contributed by atoms with Crippen LogP contribution in [0.5, 0.6) is 0 Å². The van der Waals surface area contributed by atoms with Crippen LogP contribution >= 0.6 is 15.9 Å². The van der Waals surface area contributed by atoms with Gasteiger partial charge in [0.2, 0.25) is 4.60 Å². The predicted molar refractivity (Wildman–Crippen MR) is 72.9 cm³/mol. The molecule has 0 N–H and O–H groups in total. The maximum Gasteiger partial charge on any atom is 0.299 e. The molecule has 3 aromatic rings. The van der Waals surface area contributed by atoms with Crippen LogP contribution in [0.3, 0.4) is 0 Å². The van der Waals surface area contributed by atoms with Gasteiger partial charge in [0.05, 0.1) is 16.7 Å². The highest BCUT2D eigenvalue weighted by Crippen LogP contribution is 2.26. The largest absolute Gasteiger partial charge is 0.616 e. The van der Waals surface area contributed by atoms with Crippen LogP contribution in [0, 0.1) is 0 Å². The van der Waals surface area contributed by atoms with E-state index in [2.05, 4.69) is 26.2 Å². The van der Waals surface area contributed by atoms with E-state index >= 15 is 0 Å². The first-order valence-corrected chi connectivity index (χ1v) is 6.68. The topological polar surface area (TPSA) is 66.4 Å². The van der Waals surface area contributed by atoms with Crippen LogP contribution in [0.2, 0.25) is 0 Å². The summed E-state index contributed by atoms with van der Waals surface area (Å²) in [6.07, 6.45) is 0. The number of rotatable bonds is 2. The first-order valence-electron chi connectivity index (χ1n) is 5.88. The van der Waals surface area contributed by atoms with Gasteiger partial charge in [-0.3, -0.25) is 0 Å². The van der Waals surface area contributed by atoms with Gasteiger partial charge in [-0.15, -0.1) is 0 Å². The molecule has 6 nitrogen and oxygen atoms in total. The molecule has 0 unspecified atom stereocenters. The van der Waals surface area contributed by atoms with Crippen LogP contribution in [0.4, 0.5) is 0 Å². The highest BCUT2D eigenvalue weighted by Gasteiger charge is 2.24. The van der Waals surface area contributed by atoms with Crippen LogP contribution in [0.25, 0.3) is 22.7 Å². The lowest BCUT2D eigenvalue weighted by molar-refractivity contribution is -0.784. The lowest BCUT2D eigenvalue weighted by Gasteiger charge is -2.07. The van der Waals surface area contributed by atoms with Crippen molar-refractivity contribution < 1.29 is 14.6 Å². The monoisotopic (exact) mass is 334 g/mol. The molecule has 0 bridgehead atoms. The molecular weight excluding hydrogens is 324 g/mol. The zero-order valence-electron chi connectivity index (χ0n) is 10.9. The molecule has 0 aliphatic rings. The first kappa shape index (κ1) is 12.9. The number of benzene rings is 1. The summed E-state index contributed by atoms with van der Waals surface area (Å²) < 4.78 is 7.13. The Labute approximate surface area is 123 Å². The molecule has 0 amide bonds. The number of aromatic nitrogens is 4. The first-order chi connectivity index (χ1) is 9.63. The number of halogens is 1. The molecule has 1 aromatic carbocycles. The van der Waals surface area contributed by atoms with Gasteiger partial charge < -0.3 is 9.84 Å². The zero-order chi connectivity index (χ0) is 14.3. The zero-order valence-corrected chi connectivity index (χ0v) is 12.5. The summed E-state index contributed by atoms with van der Waals surface area (Å²) in [6.45, 7) is 0. The number of hydrogen-bond donors (Lipinski definition) is 0. The number of aryl methyl sites for hydroxylation is 1. The van der Waals surface area contributed by atoms with E-state index in [9.17, 15) is 5.11 Å². The second kappa shape index (κ2) is 4.75. The minimum atomic E-state index is -0.437. The third kappa shape index (κ3) is 1.82. The van der Waals surface area contributed by atoms with E-state index in [1.807, 2.05) is 30.3 Å². The molecule has 7 heteroatoms. The molecule has 2 heterocycles. The van der Waals surface area contributed by atoms with Crippen molar-refractivity contribution in [1.82, 2.24) is 14.8 Å². The van der Waals surface area contributed by atoms with Gasteiger partial charge in [-0.05, 0) is 22.6 Å². The Hall–Kier alpha value is -2.15. The van der Waals surface area contributed by atoms with Gasteiger partial charge in [-0.1, -0.05) is 34.8 Å². The van der Waals surface area contributed by atoms with Crippen molar-refractivity contribution in [3.63, 3.8) is 0 Å². The quantitative estimate of drug-likeness (QED) is 0.607. The molecule has 3 rings (SSSR count). The van der Waals surface area contributed by atoms with Gasteiger partial charge >= 0.3 is 0 Å². The molecule has 2 aromatic heterocycles. The van der Waals surface area contributed by atoms with E-state index in [0.717, 1.165) is 11.1 Å². The minimum absolute atomic E-state index is 0.402. The van der Waals surface area contributed by atoms with Gasteiger partial charge in [-0.2, -0.15) is 0 Å². The van der Waals surface area contributed by atoms with Crippen LogP contribution in [-0.2, 0) is 11.8 Å². The maximum atomic E-state index is 12.1. The van der Waals surface area contributed by atoms with Crippen LogP contribution in [-0.4, -0.2) is 21.9 Å². The van der Waals surface area contributed by atoms with E-state index < -0.39 is 5.95 Å². The maximum absolute atomic E-state index is 12.1. The summed E-state index contributed by atoms with van der Waals surface area (Å²) in [5, 5.41) is 20.9. The van der Waals surface area contributed by atoms with Crippen molar-refractivity contribution in [3.05, 3.63) is 40.2 Å². The van der Waals surface area contributed by atoms with Crippen molar-refractivity contribution in [3.8, 4) is 11.1 Å². The third-order valence-corrected chi connectivity index (χ3v) is 3.71. The SMILES string of the molecule is CO/C([O-])=c1\c(-c2ccccc2)c(Br)n2n[n+](C)nc12. The number of hydrogen-bond acceptors (Lipinski definition) is 4. The fourth-order valence-corrected chi connectivity index (χ4v) is 2.81. The molecule has 0 atom stereocenters. The van der Waals surface area contributed by atoms with Gasteiger partial charge in [0.1, 0.15) is 12.3 Å². The number of methoxy groups -OCH3 is 1. The summed E-state index contributed by atoms with van der Waals surface area (Å²) in [7, 11) is 3.05. The molecule has 102 valence electrons. The van der Waals surface area contributed by atoms with Gasteiger partial charge in [0, 0.05) is 15.9 Å². The molecule has 0 aliphatic carbocycles. The van der Waals surface area contributed by atoms with E-state index in [4.69, 9.17) is 4.74 Å². The standard InChI is InChI=1S/C13H11BrN4O2/c1-17-15-12-10(13(19)20-2)9(11(14)18(12)16-17)8-6-4-3-5-7-8/h3-7H,1-2H3. The number of fused-ring (bicyclic) bond motifs is 1. The third-order valence-electron chi connectivity index (χ3n) is 2.98. The van der Waals surface area contributed by atoms with Gasteiger partial charge in [0.25, 0.3) is 5.65 Å². The summed E-state index contributed by atoms with van der Waals surface area (Å²) in [6, 6.07) is 9.58. The molecule has 0 saturated carbocycles. The van der Waals surface area contributed by atoms with E-state index in [-0.39, 0.29) is 0 Å². The van der Waals surface area contributed by atoms with E-state index in [0.29, 0.717) is 15.5 Å². The average molecular weight is 335 g/mol. The average Bonchev–Trinajstić information content (AvgIpc) is 2.96. The molecular formula is C13H11BrN4O2. The Bertz CT molecular complexity index is 829. The molecule has 20 heavy (non-hydrogen) atoms.